The number of hydrogen-bond donors (Lipinski definition) is 0. The maximum absolute atomic E-state index is 3.06. The molecule has 0 bridgehead atoms. The van der Waals surface area contributed by atoms with Crippen molar-refractivity contribution < 1.29 is 0 Å². The second-order valence-electron chi connectivity index (χ2n) is 3.68. The van der Waals surface area contributed by atoms with Gasteiger partial charge < -0.3 is 0 Å². The first-order valence-corrected chi connectivity index (χ1v) is 5.49. The molecule has 0 heteroatoms. The summed E-state index contributed by atoms with van der Waals surface area (Å²) in [4.78, 5) is 0. The average Bonchev–Trinajstić information content (AvgIpc) is 2.38. The molecule has 0 spiro atoms. The van der Waals surface area contributed by atoms with E-state index in [1.165, 1.54) is 5.56 Å². The molecule has 0 nitrogen and oxygen atoms in total. The van der Waals surface area contributed by atoms with Crippen molar-refractivity contribution in [2.45, 2.75) is 6.92 Å². The van der Waals surface area contributed by atoms with Crippen LogP contribution in [0.5, 0.6) is 0 Å². The maximum Gasteiger partial charge on any atom is 0.0284 e. The lowest BCUT2D eigenvalue weighted by Crippen LogP contribution is -1.78. The van der Waals surface area contributed by atoms with Crippen LogP contribution in [0.1, 0.15) is 16.7 Å². The first-order valence-electron chi connectivity index (χ1n) is 5.49. The molecule has 0 aliphatic rings. The molecular weight excluding hydrogens is 204 g/mol. The van der Waals surface area contributed by atoms with Gasteiger partial charge in [0.05, 0.1) is 0 Å². The third-order valence-electron chi connectivity index (χ3n) is 2.39. The first-order chi connectivity index (χ1) is 8.36. The molecule has 80 valence electrons. The molecule has 0 aliphatic carbocycles. The summed E-state index contributed by atoms with van der Waals surface area (Å²) in [6, 6.07) is 17.9. The lowest BCUT2D eigenvalue weighted by Gasteiger charge is -1.93. The highest BCUT2D eigenvalue weighted by atomic mass is 13.9. The molecule has 2 aromatic rings. The van der Waals surface area contributed by atoms with Gasteiger partial charge in [0, 0.05) is 11.1 Å². The zero-order valence-corrected chi connectivity index (χ0v) is 9.70. The van der Waals surface area contributed by atoms with E-state index in [2.05, 4.69) is 36.7 Å². The van der Waals surface area contributed by atoms with Gasteiger partial charge in [-0.25, -0.2) is 0 Å². The van der Waals surface area contributed by atoms with Crippen LogP contribution >= 0.6 is 0 Å². The van der Waals surface area contributed by atoms with E-state index in [0.717, 1.165) is 11.1 Å². The largest absolute Gasteiger partial charge is 0.0622 e. The molecule has 17 heavy (non-hydrogen) atoms. The quantitative estimate of drug-likeness (QED) is 0.592. The normalized spacial score (nSPS) is 8.53. The Kier molecular flexibility index (Phi) is 3.64. The van der Waals surface area contributed by atoms with Gasteiger partial charge in [0.1, 0.15) is 0 Å². The van der Waals surface area contributed by atoms with E-state index in [0.29, 0.717) is 0 Å². The van der Waals surface area contributed by atoms with E-state index in [9.17, 15) is 0 Å². The second kappa shape index (κ2) is 5.59. The fraction of sp³-hybridized carbons (Fsp3) is 0.0588. The molecule has 0 aromatic heterocycles. The van der Waals surface area contributed by atoms with Gasteiger partial charge in [-0.1, -0.05) is 48.2 Å². The predicted molar refractivity (Wildman–Crippen MR) is 71.4 cm³/mol. The van der Waals surface area contributed by atoms with Crippen molar-refractivity contribution in [2.75, 3.05) is 0 Å². The van der Waals surface area contributed by atoms with Crippen molar-refractivity contribution in [1.29, 1.82) is 0 Å². The minimum absolute atomic E-state index is 0.992. The van der Waals surface area contributed by atoms with Gasteiger partial charge in [0.2, 0.25) is 0 Å². The van der Waals surface area contributed by atoms with Crippen molar-refractivity contribution in [3.63, 3.8) is 0 Å². The van der Waals surface area contributed by atoms with Crippen LogP contribution in [0.25, 0.3) is 0 Å². The summed E-state index contributed by atoms with van der Waals surface area (Å²) in [5.41, 5.74) is 3.21. The van der Waals surface area contributed by atoms with E-state index in [1.54, 1.807) is 0 Å². The van der Waals surface area contributed by atoms with E-state index in [4.69, 9.17) is 0 Å². The predicted octanol–water partition coefficient (Wildman–Crippen LogP) is 3.40. The highest BCUT2D eigenvalue weighted by Gasteiger charge is 1.89. The average molecular weight is 216 g/mol. The molecule has 0 atom stereocenters. The Morgan fingerprint density at radius 3 is 2.12 bits per heavy atom. The molecule has 0 aliphatic heterocycles. The molecule has 2 rings (SSSR count). The lowest BCUT2D eigenvalue weighted by atomic mass is 10.1. The standard InChI is InChI=1S/C17H12/c1-15-9-5-7-13-17(15)14-8-6-12-16-10-3-2-4-11-16/h2-5,7,9-11,13H,1H3. The summed E-state index contributed by atoms with van der Waals surface area (Å²) in [5.74, 6) is 11.8. The minimum Gasteiger partial charge on any atom is -0.0622 e. The van der Waals surface area contributed by atoms with Gasteiger partial charge in [-0.3, -0.25) is 0 Å². The van der Waals surface area contributed by atoms with Crippen LogP contribution in [0, 0.1) is 30.6 Å². The molecule has 0 amide bonds. The molecule has 0 radical (unpaired) electrons. The summed E-state index contributed by atoms with van der Waals surface area (Å²) in [6.07, 6.45) is 0. The number of aryl methyl sites for hydroxylation is 1. The molecule has 0 saturated heterocycles. The first kappa shape index (κ1) is 11.1. The van der Waals surface area contributed by atoms with Crippen LogP contribution in [0.4, 0.5) is 0 Å². The van der Waals surface area contributed by atoms with Crippen molar-refractivity contribution in [3.8, 4) is 23.7 Å². The highest BCUT2D eigenvalue weighted by Crippen LogP contribution is 2.04. The Balaban J connectivity index is 2.15. The maximum atomic E-state index is 3.06. The Morgan fingerprint density at radius 2 is 1.35 bits per heavy atom. The van der Waals surface area contributed by atoms with Gasteiger partial charge in [-0.2, -0.15) is 0 Å². The van der Waals surface area contributed by atoms with E-state index in [-0.39, 0.29) is 0 Å². The SMILES string of the molecule is Cc1ccccc1C#CC#Cc1ccccc1. The Morgan fingerprint density at radius 1 is 0.706 bits per heavy atom. The molecule has 0 unspecified atom stereocenters. The zero-order chi connectivity index (χ0) is 11.9. The van der Waals surface area contributed by atoms with Crippen LogP contribution in [-0.2, 0) is 0 Å². The minimum atomic E-state index is 0.992. The smallest absolute Gasteiger partial charge is 0.0284 e. The van der Waals surface area contributed by atoms with Gasteiger partial charge >= 0.3 is 0 Å². The third kappa shape index (κ3) is 3.26. The molecule has 0 fully saturated rings. The molecule has 2 aromatic carbocycles. The van der Waals surface area contributed by atoms with E-state index < -0.39 is 0 Å². The highest BCUT2D eigenvalue weighted by molar-refractivity contribution is 5.46. The van der Waals surface area contributed by atoms with Crippen LogP contribution in [0.15, 0.2) is 54.6 Å². The second-order valence-corrected chi connectivity index (χ2v) is 3.68. The van der Waals surface area contributed by atoms with Crippen LogP contribution < -0.4 is 0 Å². The number of hydrogen-bond acceptors (Lipinski definition) is 0. The Hall–Kier alpha value is -2.44. The Bertz CT molecular complexity index is 614. The fourth-order valence-corrected chi connectivity index (χ4v) is 1.44. The number of rotatable bonds is 0. The summed E-state index contributed by atoms with van der Waals surface area (Å²) < 4.78 is 0. The van der Waals surface area contributed by atoms with Crippen molar-refractivity contribution in [3.05, 3.63) is 71.3 Å². The van der Waals surface area contributed by atoms with Crippen molar-refractivity contribution in [2.24, 2.45) is 0 Å². The van der Waals surface area contributed by atoms with Gasteiger partial charge in [-0.15, -0.1) is 0 Å². The van der Waals surface area contributed by atoms with E-state index >= 15 is 0 Å². The van der Waals surface area contributed by atoms with Crippen LogP contribution in [0.3, 0.4) is 0 Å². The Labute approximate surface area is 102 Å². The van der Waals surface area contributed by atoms with Crippen LogP contribution in [0.2, 0.25) is 0 Å². The lowest BCUT2D eigenvalue weighted by molar-refractivity contribution is 1.44. The number of benzene rings is 2. The monoisotopic (exact) mass is 216 g/mol. The summed E-state index contributed by atoms with van der Waals surface area (Å²) >= 11 is 0. The van der Waals surface area contributed by atoms with Gasteiger partial charge in [0.15, 0.2) is 0 Å². The van der Waals surface area contributed by atoms with Crippen molar-refractivity contribution in [1.82, 2.24) is 0 Å². The summed E-state index contributed by atoms with van der Waals surface area (Å²) in [6.45, 7) is 2.05. The van der Waals surface area contributed by atoms with Gasteiger partial charge in [-0.05, 0) is 42.5 Å². The van der Waals surface area contributed by atoms with E-state index in [1.807, 2.05) is 48.5 Å². The zero-order valence-electron chi connectivity index (χ0n) is 9.70. The van der Waals surface area contributed by atoms with Crippen LogP contribution in [-0.4, -0.2) is 0 Å². The van der Waals surface area contributed by atoms with Crippen molar-refractivity contribution >= 4 is 0 Å². The molecule has 0 N–H and O–H groups in total. The molecular formula is C17H12. The van der Waals surface area contributed by atoms with Gasteiger partial charge in [0.25, 0.3) is 0 Å². The topological polar surface area (TPSA) is 0 Å². The summed E-state index contributed by atoms with van der Waals surface area (Å²) in [5, 5.41) is 0. The molecule has 0 heterocycles. The third-order valence-corrected chi connectivity index (χ3v) is 2.39. The fourth-order valence-electron chi connectivity index (χ4n) is 1.44. The summed E-state index contributed by atoms with van der Waals surface area (Å²) in [7, 11) is 0. The molecule has 0 saturated carbocycles.